The highest BCUT2D eigenvalue weighted by molar-refractivity contribution is 9.10. The van der Waals surface area contributed by atoms with Gasteiger partial charge in [0.2, 0.25) is 0 Å². The smallest absolute Gasteiger partial charge is 0.339 e. The topological polar surface area (TPSA) is 51.2 Å². The molecule has 4 nitrogen and oxygen atoms in total. The van der Waals surface area contributed by atoms with Crippen LogP contribution in [-0.4, -0.2) is 18.1 Å². The first-order valence-electron chi connectivity index (χ1n) is 6.13. The Morgan fingerprint density at radius 2 is 2.15 bits per heavy atom. The van der Waals surface area contributed by atoms with E-state index in [1.165, 1.54) is 13.3 Å². The molecule has 2 aromatic rings. The lowest BCUT2D eigenvalue weighted by atomic mass is 10.2. The van der Waals surface area contributed by atoms with Gasteiger partial charge in [0.25, 0.3) is 0 Å². The van der Waals surface area contributed by atoms with Crippen molar-refractivity contribution in [3.63, 3.8) is 0 Å². The zero-order valence-electron chi connectivity index (χ0n) is 11.3. The monoisotopic (exact) mass is 334 g/mol. The van der Waals surface area contributed by atoms with E-state index in [1.54, 1.807) is 6.07 Å². The highest BCUT2D eigenvalue weighted by Crippen LogP contribution is 2.20. The number of nitrogens with one attached hydrogen (secondary N) is 1. The molecule has 1 aromatic heterocycles. The summed E-state index contributed by atoms with van der Waals surface area (Å²) in [6.07, 6.45) is 1.53. The van der Waals surface area contributed by atoms with Crippen LogP contribution in [0.15, 0.2) is 41.0 Å². The Labute approximate surface area is 126 Å². The van der Waals surface area contributed by atoms with Crippen LogP contribution in [0.25, 0.3) is 0 Å². The summed E-state index contributed by atoms with van der Waals surface area (Å²) in [5.41, 5.74) is 3.54. The van der Waals surface area contributed by atoms with Crippen molar-refractivity contribution in [3.05, 3.63) is 57.8 Å². The van der Waals surface area contributed by atoms with Crippen molar-refractivity contribution in [2.75, 3.05) is 12.4 Å². The molecule has 0 atom stereocenters. The number of carbonyl (C=O) groups is 1. The predicted molar refractivity (Wildman–Crippen MR) is 81.8 cm³/mol. The van der Waals surface area contributed by atoms with Crippen molar-refractivity contribution < 1.29 is 9.53 Å². The van der Waals surface area contributed by atoms with Gasteiger partial charge < -0.3 is 10.1 Å². The number of methoxy groups -OCH3 is 1. The molecule has 0 spiro atoms. The third-order valence-corrected chi connectivity index (χ3v) is 3.39. The average molecular weight is 335 g/mol. The van der Waals surface area contributed by atoms with Crippen LogP contribution in [0.2, 0.25) is 0 Å². The van der Waals surface area contributed by atoms with Gasteiger partial charge in [-0.2, -0.15) is 0 Å². The van der Waals surface area contributed by atoms with Crippen molar-refractivity contribution >= 4 is 27.6 Å². The second kappa shape index (κ2) is 6.52. The minimum atomic E-state index is -0.374. The van der Waals surface area contributed by atoms with Crippen molar-refractivity contribution in [3.8, 4) is 0 Å². The number of esters is 1. The lowest BCUT2D eigenvalue weighted by Crippen LogP contribution is -2.05. The average Bonchev–Trinajstić information content (AvgIpc) is 2.46. The molecule has 0 saturated carbocycles. The summed E-state index contributed by atoms with van der Waals surface area (Å²) in [4.78, 5) is 15.5. The van der Waals surface area contributed by atoms with Gasteiger partial charge in [-0.1, -0.05) is 15.9 Å². The van der Waals surface area contributed by atoms with Crippen LogP contribution in [0.5, 0.6) is 0 Å². The molecule has 0 saturated heterocycles. The normalized spacial score (nSPS) is 10.2. The van der Waals surface area contributed by atoms with Gasteiger partial charge >= 0.3 is 5.97 Å². The van der Waals surface area contributed by atoms with Gasteiger partial charge in [-0.15, -0.1) is 0 Å². The zero-order valence-corrected chi connectivity index (χ0v) is 12.9. The van der Waals surface area contributed by atoms with Crippen LogP contribution < -0.4 is 5.32 Å². The third-order valence-electron chi connectivity index (χ3n) is 2.89. The molecule has 5 heteroatoms. The van der Waals surface area contributed by atoms with Crippen LogP contribution in [0, 0.1) is 6.92 Å². The van der Waals surface area contributed by atoms with Gasteiger partial charge in [0.05, 0.1) is 24.9 Å². The molecular formula is C15H15BrN2O2. The van der Waals surface area contributed by atoms with E-state index in [9.17, 15) is 4.79 Å². The Morgan fingerprint density at radius 3 is 2.75 bits per heavy atom. The molecule has 0 aliphatic rings. The van der Waals surface area contributed by atoms with E-state index in [2.05, 4.69) is 37.0 Å². The second-order valence-corrected chi connectivity index (χ2v) is 5.26. The Morgan fingerprint density at radius 1 is 1.35 bits per heavy atom. The summed E-state index contributed by atoms with van der Waals surface area (Å²) in [6.45, 7) is 2.64. The molecule has 0 radical (unpaired) electrons. The highest BCUT2D eigenvalue weighted by atomic mass is 79.9. The van der Waals surface area contributed by atoms with Crippen molar-refractivity contribution in [1.82, 2.24) is 4.98 Å². The SMILES string of the molecule is COC(=O)c1ccc(CNc2ccc(Br)cc2C)nc1. The lowest BCUT2D eigenvalue weighted by molar-refractivity contribution is 0.0600. The molecule has 1 N–H and O–H groups in total. The van der Waals surface area contributed by atoms with E-state index in [-0.39, 0.29) is 5.97 Å². The minimum Gasteiger partial charge on any atom is -0.465 e. The fourth-order valence-corrected chi connectivity index (χ4v) is 2.25. The standard InChI is InChI=1S/C15H15BrN2O2/c1-10-7-12(16)4-6-14(10)18-9-13-5-3-11(8-17-13)15(19)20-2/h3-8,18H,9H2,1-2H3. The Hall–Kier alpha value is -1.88. The summed E-state index contributed by atoms with van der Waals surface area (Å²) < 4.78 is 5.69. The Balaban J connectivity index is 2.02. The minimum absolute atomic E-state index is 0.374. The number of rotatable bonds is 4. The quantitative estimate of drug-likeness (QED) is 0.868. The number of halogens is 1. The molecule has 0 fully saturated rings. The van der Waals surface area contributed by atoms with Crippen molar-refractivity contribution in [1.29, 1.82) is 0 Å². The molecule has 1 aromatic carbocycles. The summed E-state index contributed by atoms with van der Waals surface area (Å²) >= 11 is 3.44. The molecule has 1 heterocycles. The van der Waals surface area contributed by atoms with Crippen LogP contribution in [0.4, 0.5) is 5.69 Å². The summed E-state index contributed by atoms with van der Waals surface area (Å²) in [5.74, 6) is -0.374. The van der Waals surface area contributed by atoms with E-state index in [1.807, 2.05) is 25.1 Å². The lowest BCUT2D eigenvalue weighted by Gasteiger charge is -2.09. The number of hydrogen-bond acceptors (Lipinski definition) is 4. The van der Waals surface area contributed by atoms with E-state index >= 15 is 0 Å². The van der Waals surface area contributed by atoms with Gasteiger partial charge in [0.1, 0.15) is 0 Å². The van der Waals surface area contributed by atoms with Gasteiger partial charge in [-0.05, 0) is 42.8 Å². The number of carbonyl (C=O) groups excluding carboxylic acids is 1. The molecule has 0 amide bonds. The number of aryl methyl sites for hydroxylation is 1. The third kappa shape index (κ3) is 3.57. The van der Waals surface area contributed by atoms with Gasteiger partial charge in [0.15, 0.2) is 0 Å². The molecule has 104 valence electrons. The number of nitrogens with zero attached hydrogens (tertiary/aromatic N) is 1. The van der Waals surface area contributed by atoms with Crippen molar-refractivity contribution in [2.24, 2.45) is 0 Å². The number of ether oxygens (including phenoxy) is 1. The van der Waals surface area contributed by atoms with E-state index in [4.69, 9.17) is 0 Å². The number of anilines is 1. The zero-order chi connectivity index (χ0) is 14.5. The Kier molecular flexibility index (Phi) is 4.74. The van der Waals surface area contributed by atoms with Crippen LogP contribution in [-0.2, 0) is 11.3 Å². The van der Waals surface area contributed by atoms with Gasteiger partial charge in [0, 0.05) is 16.4 Å². The molecule has 2 rings (SSSR count). The molecule has 0 aliphatic carbocycles. The van der Waals surface area contributed by atoms with Crippen LogP contribution >= 0.6 is 15.9 Å². The van der Waals surface area contributed by atoms with Gasteiger partial charge in [-0.25, -0.2) is 4.79 Å². The number of pyridine rings is 1. The molecular weight excluding hydrogens is 320 g/mol. The maximum atomic E-state index is 11.3. The van der Waals surface area contributed by atoms with Crippen molar-refractivity contribution in [2.45, 2.75) is 13.5 Å². The molecule has 0 bridgehead atoms. The number of aromatic nitrogens is 1. The predicted octanol–water partition coefficient (Wildman–Crippen LogP) is 3.55. The highest BCUT2D eigenvalue weighted by Gasteiger charge is 2.05. The number of hydrogen-bond donors (Lipinski definition) is 1. The molecule has 0 aliphatic heterocycles. The van der Waals surface area contributed by atoms with Gasteiger partial charge in [-0.3, -0.25) is 4.98 Å². The fraction of sp³-hybridized carbons (Fsp3) is 0.200. The maximum Gasteiger partial charge on any atom is 0.339 e. The molecule has 20 heavy (non-hydrogen) atoms. The van der Waals surface area contributed by atoms with E-state index < -0.39 is 0 Å². The van der Waals surface area contributed by atoms with E-state index in [0.717, 1.165) is 21.4 Å². The van der Waals surface area contributed by atoms with Crippen LogP contribution in [0.3, 0.4) is 0 Å². The summed E-state index contributed by atoms with van der Waals surface area (Å²) in [6, 6.07) is 9.58. The Bertz CT molecular complexity index is 612. The first-order valence-corrected chi connectivity index (χ1v) is 6.92. The summed E-state index contributed by atoms with van der Waals surface area (Å²) in [7, 11) is 1.36. The van der Waals surface area contributed by atoms with E-state index in [0.29, 0.717) is 12.1 Å². The van der Waals surface area contributed by atoms with Crippen LogP contribution in [0.1, 0.15) is 21.6 Å². The molecule has 0 unspecified atom stereocenters. The number of benzene rings is 1. The largest absolute Gasteiger partial charge is 0.465 e. The first kappa shape index (κ1) is 14.5. The maximum absolute atomic E-state index is 11.3. The fourth-order valence-electron chi connectivity index (χ4n) is 1.78. The first-order chi connectivity index (χ1) is 9.60. The second-order valence-electron chi connectivity index (χ2n) is 4.34. The summed E-state index contributed by atoms with van der Waals surface area (Å²) in [5, 5.41) is 3.32.